The van der Waals surface area contributed by atoms with Crippen LogP contribution in [0.15, 0.2) is 4.99 Å². The lowest BCUT2D eigenvalue weighted by molar-refractivity contribution is -0.139. The van der Waals surface area contributed by atoms with Gasteiger partial charge in [0.05, 0.1) is 5.71 Å². The number of hydrogen-bond acceptors (Lipinski definition) is 4. The summed E-state index contributed by atoms with van der Waals surface area (Å²) in [5, 5.41) is 14.2. The van der Waals surface area contributed by atoms with E-state index >= 15 is 0 Å². The van der Waals surface area contributed by atoms with E-state index in [-0.39, 0.29) is 6.42 Å². The highest BCUT2D eigenvalue weighted by Gasteiger charge is 2.18. The summed E-state index contributed by atoms with van der Waals surface area (Å²) in [4.78, 5) is 15.1. The van der Waals surface area contributed by atoms with Crippen LogP contribution in [0.2, 0.25) is 0 Å². The molecular weight excluding hydrogens is 202 g/mol. The van der Waals surface area contributed by atoms with Gasteiger partial charge in [-0.05, 0) is 7.05 Å². The Morgan fingerprint density at radius 3 is 2.43 bits per heavy atom. The van der Waals surface area contributed by atoms with Gasteiger partial charge in [0, 0.05) is 20.5 Å². The zero-order valence-corrected chi connectivity index (χ0v) is 9.31. The standard InChI is InChI=1S/C8H15N3O2S/c1-9-5(7(14)11-3)4-6(10-2)8(12)13/h6,10H,4H2,1-3H3,(H,11,14)(H,12,13). The Kier molecular flexibility index (Phi) is 5.98. The van der Waals surface area contributed by atoms with Crippen LogP contribution in [0.5, 0.6) is 0 Å². The SMILES string of the molecule is CN=C(CC(NC)C(=O)O)C(=S)NC. The van der Waals surface area contributed by atoms with Crippen molar-refractivity contribution in [1.82, 2.24) is 10.6 Å². The molecule has 0 aliphatic rings. The predicted octanol–water partition coefficient (Wildman–Crippen LogP) is -0.333. The van der Waals surface area contributed by atoms with E-state index in [2.05, 4.69) is 15.6 Å². The Bertz CT molecular complexity index is 253. The minimum Gasteiger partial charge on any atom is -0.480 e. The number of aliphatic carboxylic acids is 1. The van der Waals surface area contributed by atoms with E-state index in [0.717, 1.165) is 0 Å². The number of nitrogens with zero attached hydrogens (tertiary/aromatic N) is 1. The predicted molar refractivity (Wildman–Crippen MR) is 60.1 cm³/mol. The van der Waals surface area contributed by atoms with Gasteiger partial charge in [-0.3, -0.25) is 9.79 Å². The average molecular weight is 217 g/mol. The van der Waals surface area contributed by atoms with Crippen molar-refractivity contribution in [1.29, 1.82) is 0 Å². The van der Waals surface area contributed by atoms with Crippen molar-refractivity contribution in [2.45, 2.75) is 12.5 Å². The number of hydrogen-bond donors (Lipinski definition) is 3. The van der Waals surface area contributed by atoms with Crippen LogP contribution in [0.1, 0.15) is 6.42 Å². The quantitative estimate of drug-likeness (QED) is 0.434. The number of carboxylic acid groups (broad SMARTS) is 1. The molecule has 0 saturated carbocycles. The normalized spacial score (nSPS) is 13.5. The van der Waals surface area contributed by atoms with Crippen LogP contribution in [0.25, 0.3) is 0 Å². The van der Waals surface area contributed by atoms with E-state index in [0.29, 0.717) is 10.7 Å². The fourth-order valence-corrected chi connectivity index (χ4v) is 1.11. The summed E-state index contributed by atoms with van der Waals surface area (Å²) in [5.74, 6) is -0.910. The number of aliphatic imine (C=N–C) groups is 1. The van der Waals surface area contributed by atoms with Crippen molar-refractivity contribution >= 4 is 28.9 Å². The summed E-state index contributed by atoms with van der Waals surface area (Å²) in [6, 6.07) is -0.653. The second-order valence-corrected chi connectivity index (χ2v) is 3.04. The second-order valence-electron chi connectivity index (χ2n) is 2.63. The smallest absolute Gasteiger partial charge is 0.321 e. The van der Waals surface area contributed by atoms with Crippen LogP contribution >= 0.6 is 12.2 Å². The molecule has 0 radical (unpaired) electrons. The third kappa shape index (κ3) is 3.80. The second kappa shape index (κ2) is 6.44. The molecule has 1 atom stereocenters. The first-order valence-corrected chi connectivity index (χ1v) is 4.55. The Balaban J connectivity index is 4.45. The van der Waals surface area contributed by atoms with Gasteiger partial charge in [0.2, 0.25) is 0 Å². The number of likely N-dealkylation sites (N-methyl/N-ethyl adjacent to an activating group) is 1. The summed E-state index contributed by atoms with van der Waals surface area (Å²) in [7, 11) is 4.87. The minimum atomic E-state index is -0.910. The highest BCUT2D eigenvalue weighted by molar-refractivity contribution is 7.82. The van der Waals surface area contributed by atoms with Crippen molar-refractivity contribution in [3.63, 3.8) is 0 Å². The number of nitrogens with one attached hydrogen (secondary N) is 2. The van der Waals surface area contributed by atoms with Gasteiger partial charge in [0.25, 0.3) is 0 Å². The molecule has 5 nitrogen and oxygen atoms in total. The molecule has 1 unspecified atom stereocenters. The van der Waals surface area contributed by atoms with Crippen molar-refractivity contribution < 1.29 is 9.90 Å². The van der Waals surface area contributed by atoms with E-state index in [1.807, 2.05) is 0 Å². The molecule has 0 rings (SSSR count). The van der Waals surface area contributed by atoms with E-state index < -0.39 is 12.0 Å². The van der Waals surface area contributed by atoms with E-state index in [1.54, 1.807) is 21.1 Å². The van der Waals surface area contributed by atoms with Crippen LogP contribution in [0.4, 0.5) is 0 Å². The fourth-order valence-electron chi connectivity index (χ4n) is 0.936. The summed E-state index contributed by atoms with van der Waals surface area (Å²) in [6.07, 6.45) is 0.280. The fraction of sp³-hybridized carbons (Fsp3) is 0.625. The maximum atomic E-state index is 10.7. The summed E-state index contributed by atoms with van der Waals surface area (Å²) < 4.78 is 0. The van der Waals surface area contributed by atoms with Crippen molar-refractivity contribution in [3.8, 4) is 0 Å². The van der Waals surface area contributed by atoms with Crippen molar-refractivity contribution in [2.75, 3.05) is 21.1 Å². The van der Waals surface area contributed by atoms with E-state index in [1.165, 1.54) is 0 Å². The van der Waals surface area contributed by atoms with Crippen LogP contribution in [-0.2, 0) is 4.79 Å². The first-order chi connectivity index (χ1) is 6.56. The lowest BCUT2D eigenvalue weighted by Gasteiger charge is -2.13. The number of rotatable bonds is 5. The molecule has 0 bridgehead atoms. The topological polar surface area (TPSA) is 73.7 Å². The van der Waals surface area contributed by atoms with E-state index in [9.17, 15) is 4.79 Å². The van der Waals surface area contributed by atoms with Crippen LogP contribution < -0.4 is 10.6 Å². The van der Waals surface area contributed by atoms with Crippen LogP contribution in [0.3, 0.4) is 0 Å². The molecule has 14 heavy (non-hydrogen) atoms. The summed E-state index contributed by atoms with van der Waals surface area (Å²) in [5.41, 5.74) is 0.587. The zero-order valence-electron chi connectivity index (χ0n) is 8.50. The van der Waals surface area contributed by atoms with Gasteiger partial charge in [-0.1, -0.05) is 12.2 Å². The minimum absolute atomic E-state index is 0.280. The molecule has 0 saturated heterocycles. The van der Waals surface area contributed by atoms with Gasteiger partial charge < -0.3 is 15.7 Å². The maximum Gasteiger partial charge on any atom is 0.321 e. The number of carbonyl (C=O) groups is 1. The van der Waals surface area contributed by atoms with E-state index in [4.69, 9.17) is 17.3 Å². The van der Waals surface area contributed by atoms with Crippen molar-refractivity contribution in [2.24, 2.45) is 4.99 Å². The molecule has 0 fully saturated rings. The Morgan fingerprint density at radius 2 is 2.14 bits per heavy atom. The van der Waals surface area contributed by atoms with Gasteiger partial charge in [-0.15, -0.1) is 0 Å². The average Bonchev–Trinajstić information content (AvgIpc) is 2.18. The van der Waals surface area contributed by atoms with Gasteiger partial charge in [0.15, 0.2) is 0 Å². The molecule has 0 heterocycles. The zero-order chi connectivity index (χ0) is 11.1. The number of thiocarbonyl (C=S) groups is 1. The Hall–Kier alpha value is -1.01. The van der Waals surface area contributed by atoms with Crippen molar-refractivity contribution in [3.05, 3.63) is 0 Å². The molecule has 3 N–H and O–H groups in total. The molecular formula is C8H15N3O2S. The Morgan fingerprint density at radius 1 is 1.57 bits per heavy atom. The molecule has 0 aliphatic carbocycles. The number of carboxylic acids is 1. The van der Waals surface area contributed by atoms with Crippen LogP contribution in [0, 0.1) is 0 Å². The molecule has 0 amide bonds. The third-order valence-corrected chi connectivity index (χ3v) is 2.24. The van der Waals surface area contributed by atoms with Crippen LogP contribution in [-0.4, -0.2) is 49.0 Å². The molecule has 0 aromatic carbocycles. The first-order valence-electron chi connectivity index (χ1n) is 4.14. The summed E-state index contributed by atoms with van der Waals surface area (Å²) >= 11 is 4.97. The summed E-state index contributed by atoms with van der Waals surface area (Å²) in [6.45, 7) is 0. The maximum absolute atomic E-state index is 10.7. The van der Waals surface area contributed by atoms with Gasteiger partial charge >= 0.3 is 5.97 Å². The molecule has 0 aromatic heterocycles. The van der Waals surface area contributed by atoms with Gasteiger partial charge in [-0.2, -0.15) is 0 Å². The van der Waals surface area contributed by atoms with Gasteiger partial charge in [0.1, 0.15) is 11.0 Å². The lowest BCUT2D eigenvalue weighted by atomic mass is 10.1. The molecule has 0 aromatic rings. The molecule has 80 valence electrons. The molecule has 6 heteroatoms. The lowest BCUT2D eigenvalue weighted by Crippen LogP contribution is -2.39. The highest BCUT2D eigenvalue weighted by atomic mass is 32.1. The Labute approximate surface area is 88.6 Å². The third-order valence-electron chi connectivity index (χ3n) is 1.80. The highest BCUT2D eigenvalue weighted by Crippen LogP contribution is 1.97. The molecule has 0 spiro atoms. The monoisotopic (exact) mass is 217 g/mol. The first kappa shape index (κ1) is 13.0. The largest absolute Gasteiger partial charge is 0.480 e. The van der Waals surface area contributed by atoms with Gasteiger partial charge in [-0.25, -0.2) is 0 Å². The molecule has 0 aliphatic heterocycles.